The van der Waals surface area contributed by atoms with Crippen molar-refractivity contribution >= 4 is 63.5 Å². The van der Waals surface area contributed by atoms with Gasteiger partial charge < -0.3 is 21.0 Å². The smallest absolute Gasteiger partial charge is 0.352 e. The molecule has 0 aromatic carbocycles. The number of fused-ring (bicyclic) bond motifs is 1. The Kier molecular flexibility index (Phi) is 7.38. The molecule has 1 saturated heterocycles. The van der Waals surface area contributed by atoms with Crippen molar-refractivity contribution in [2.75, 3.05) is 23.7 Å². The van der Waals surface area contributed by atoms with Gasteiger partial charge in [0.2, 0.25) is 0 Å². The van der Waals surface area contributed by atoms with E-state index in [0.29, 0.717) is 17.9 Å². The molecule has 0 radical (unpaired) electrons. The molecule has 4 heterocycles. The second-order valence-corrected chi connectivity index (χ2v) is 10.0. The fraction of sp³-hybridized carbons (Fsp3) is 0.300. The number of anilines is 1. The summed E-state index contributed by atoms with van der Waals surface area (Å²) >= 11 is 3.91. The van der Waals surface area contributed by atoms with Crippen LogP contribution in [0.25, 0.3) is 0 Å². The van der Waals surface area contributed by atoms with E-state index in [0.717, 1.165) is 11.3 Å². The average Bonchev–Trinajstić information content (AvgIpc) is 3.26. The number of carbonyl (C=O) groups is 3. The largest absolute Gasteiger partial charge is 0.477 e. The van der Waals surface area contributed by atoms with Gasteiger partial charge in [0.15, 0.2) is 35.7 Å². The number of carboxylic acids is 1. The van der Waals surface area contributed by atoms with E-state index in [1.54, 1.807) is 5.38 Å². The summed E-state index contributed by atoms with van der Waals surface area (Å²) in [5.41, 5.74) is 6.38. The molecule has 1 fully saturated rings. The molecule has 2 aromatic rings. The quantitative estimate of drug-likeness (QED) is 0.107. The average molecular weight is 522 g/mol. The highest BCUT2D eigenvalue weighted by Gasteiger charge is 2.54. The molecule has 0 saturated carbocycles. The number of carbonyl (C=O) groups excluding carboxylic acids is 2. The summed E-state index contributed by atoms with van der Waals surface area (Å²) < 4.78 is 1.85. The number of amides is 2. The number of nitrogens with zero attached hydrogens (tertiary/aromatic N) is 4. The Balaban J connectivity index is 1.52. The maximum atomic E-state index is 13.0. The highest BCUT2D eigenvalue weighted by molar-refractivity contribution is 8.00. The molecule has 4 N–H and O–H groups in total. The second kappa shape index (κ2) is 10.4. The van der Waals surface area contributed by atoms with Crippen LogP contribution in [-0.4, -0.2) is 67.8 Å². The van der Waals surface area contributed by atoms with E-state index in [9.17, 15) is 19.5 Å². The Morgan fingerprint density at radius 1 is 1.41 bits per heavy atom. The summed E-state index contributed by atoms with van der Waals surface area (Å²) in [7, 11) is 0. The zero-order valence-corrected chi connectivity index (χ0v) is 20.4. The number of nitrogen functional groups attached to an aromatic ring is 1. The van der Waals surface area contributed by atoms with Crippen LogP contribution < -0.4 is 15.6 Å². The number of oxime groups is 1. The van der Waals surface area contributed by atoms with Crippen LogP contribution in [0.2, 0.25) is 0 Å². The van der Waals surface area contributed by atoms with Crippen molar-refractivity contribution in [2.24, 2.45) is 5.16 Å². The fourth-order valence-electron chi connectivity index (χ4n) is 3.52. The van der Waals surface area contributed by atoms with Crippen LogP contribution in [0.1, 0.15) is 5.69 Å². The van der Waals surface area contributed by atoms with E-state index in [1.165, 1.54) is 28.4 Å². The van der Waals surface area contributed by atoms with Gasteiger partial charge in [0.1, 0.15) is 22.8 Å². The van der Waals surface area contributed by atoms with Gasteiger partial charge in [0.05, 0.1) is 0 Å². The molecular weight excluding hydrogens is 500 g/mol. The molecule has 4 rings (SSSR count). The Labute approximate surface area is 207 Å². The third-order valence-corrected chi connectivity index (χ3v) is 7.35. The number of carboxylic acid groups (broad SMARTS) is 1. The van der Waals surface area contributed by atoms with E-state index in [1.807, 2.05) is 41.4 Å². The number of pyridine rings is 1. The number of thioether (sulfide) groups is 2. The van der Waals surface area contributed by atoms with Crippen molar-refractivity contribution in [3.63, 3.8) is 0 Å². The molecule has 2 atom stereocenters. The molecule has 2 aliphatic rings. The summed E-state index contributed by atoms with van der Waals surface area (Å²) in [6.07, 6.45) is 5.47. The van der Waals surface area contributed by atoms with Crippen molar-refractivity contribution < 1.29 is 28.9 Å². The van der Waals surface area contributed by atoms with E-state index >= 15 is 0 Å². The Morgan fingerprint density at radius 2 is 2.18 bits per heavy atom. The first kappa shape index (κ1) is 24.0. The van der Waals surface area contributed by atoms with Gasteiger partial charge in [-0.25, -0.2) is 14.3 Å². The van der Waals surface area contributed by atoms with Gasteiger partial charge in [-0.1, -0.05) is 11.2 Å². The van der Waals surface area contributed by atoms with Gasteiger partial charge in [-0.05, 0) is 6.26 Å². The summed E-state index contributed by atoms with van der Waals surface area (Å²) in [6.45, 7) is 0.345. The highest BCUT2D eigenvalue weighted by atomic mass is 32.2. The van der Waals surface area contributed by atoms with Gasteiger partial charge in [-0.2, -0.15) is 0 Å². The highest BCUT2D eigenvalue weighted by Crippen LogP contribution is 2.40. The molecule has 2 amide bonds. The molecule has 14 heteroatoms. The molecule has 2 aliphatic heterocycles. The normalized spacial score (nSPS) is 20.0. The van der Waals surface area contributed by atoms with E-state index < -0.39 is 29.2 Å². The minimum absolute atomic E-state index is 0.0416. The van der Waals surface area contributed by atoms with Crippen LogP contribution in [-0.2, 0) is 25.8 Å². The first-order valence-electron chi connectivity index (χ1n) is 9.96. The van der Waals surface area contributed by atoms with Gasteiger partial charge in [-0.15, -0.1) is 34.9 Å². The van der Waals surface area contributed by atoms with Crippen LogP contribution in [0.5, 0.6) is 0 Å². The van der Waals surface area contributed by atoms with E-state index in [4.69, 9.17) is 10.6 Å². The van der Waals surface area contributed by atoms with Gasteiger partial charge in [0, 0.05) is 28.8 Å². The van der Waals surface area contributed by atoms with Gasteiger partial charge >= 0.3 is 5.97 Å². The molecule has 0 spiro atoms. The van der Waals surface area contributed by atoms with Crippen molar-refractivity contribution in [3.8, 4) is 0 Å². The summed E-state index contributed by atoms with van der Waals surface area (Å²) in [4.78, 5) is 48.4. The number of rotatable bonds is 9. The topological polar surface area (TPSA) is 151 Å². The van der Waals surface area contributed by atoms with Crippen LogP contribution in [0.3, 0.4) is 0 Å². The summed E-state index contributed by atoms with van der Waals surface area (Å²) in [5, 5.41) is 17.7. The third-order valence-electron chi connectivity index (χ3n) is 4.99. The molecule has 1 unspecified atom stereocenters. The lowest BCUT2D eigenvalue weighted by atomic mass is 10.0. The minimum atomic E-state index is -1.18. The molecule has 0 bridgehead atoms. The number of hydrogen-bond acceptors (Lipinski definition) is 10. The molecule has 34 heavy (non-hydrogen) atoms. The number of nitrogens with one attached hydrogen (secondary N) is 1. The number of nitrogens with two attached hydrogens (primary N) is 1. The maximum Gasteiger partial charge on any atom is 0.352 e. The second-order valence-electron chi connectivity index (χ2n) is 7.21. The minimum Gasteiger partial charge on any atom is -0.477 e. The molecule has 2 aromatic heterocycles. The number of hydrogen-bond donors (Lipinski definition) is 3. The van der Waals surface area contributed by atoms with Crippen LogP contribution in [0, 0.1) is 0 Å². The van der Waals surface area contributed by atoms with Gasteiger partial charge in [-0.3, -0.25) is 14.5 Å². The summed E-state index contributed by atoms with van der Waals surface area (Å²) in [6, 6.07) is 4.65. The zero-order valence-electron chi connectivity index (χ0n) is 17.9. The lowest BCUT2D eigenvalue weighted by molar-refractivity contribution is -0.689. The summed E-state index contributed by atoms with van der Waals surface area (Å²) in [5.74, 6) is -1.71. The first-order valence-corrected chi connectivity index (χ1v) is 13.3. The number of β-lactam (4-membered cyclic amide) rings is 1. The molecular formula is C20H21N6O5S3+. The Hall–Kier alpha value is -3.10. The SMILES string of the molecule is CSCON=C(C(=O)NC1C(=O)N2C(C(=O)O)=C(C[n+]3ccccc3)CS[C@H]12)c1csc(N)n1. The lowest BCUT2D eigenvalue weighted by Crippen LogP contribution is -2.71. The first-order chi connectivity index (χ1) is 16.4. The standard InChI is InChI=1S/C20H20N6O5S3/c1-32-10-31-24-13(12-9-34-20(21)22-12)16(27)23-14-17(28)26-15(19(29)30)11(8-33-18(14)26)7-25-5-3-2-4-6-25/h2-6,9,14,18H,7-8,10H2,1H3,(H3-,21,22,23,27,29,30)/p+1/t14?,18-/m1/s1. The molecule has 0 aliphatic carbocycles. The Bertz CT molecular complexity index is 1170. The zero-order chi connectivity index (χ0) is 24.2. The van der Waals surface area contributed by atoms with Crippen molar-refractivity contribution in [1.29, 1.82) is 0 Å². The van der Waals surface area contributed by atoms with Crippen molar-refractivity contribution in [3.05, 3.63) is 52.9 Å². The Morgan fingerprint density at radius 3 is 2.82 bits per heavy atom. The lowest BCUT2D eigenvalue weighted by Gasteiger charge is -2.49. The number of thiazole rings is 1. The van der Waals surface area contributed by atoms with E-state index in [-0.39, 0.29) is 28.2 Å². The van der Waals surface area contributed by atoms with Gasteiger partial charge in [0.25, 0.3) is 11.8 Å². The van der Waals surface area contributed by atoms with E-state index in [2.05, 4.69) is 15.5 Å². The maximum absolute atomic E-state index is 13.0. The number of aromatic nitrogens is 2. The predicted molar refractivity (Wildman–Crippen MR) is 129 cm³/mol. The number of aliphatic carboxylic acids is 1. The third kappa shape index (κ3) is 4.88. The van der Waals surface area contributed by atoms with Crippen LogP contribution in [0.4, 0.5) is 5.13 Å². The van der Waals surface area contributed by atoms with Crippen LogP contribution >= 0.6 is 34.9 Å². The molecule has 11 nitrogen and oxygen atoms in total. The monoisotopic (exact) mass is 521 g/mol. The van der Waals surface area contributed by atoms with Crippen molar-refractivity contribution in [1.82, 2.24) is 15.2 Å². The predicted octanol–water partition coefficient (Wildman–Crippen LogP) is 0.493. The van der Waals surface area contributed by atoms with Crippen molar-refractivity contribution in [2.45, 2.75) is 18.0 Å². The molecule has 178 valence electrons. The van der Waals surface area contributed by atoms with Crippen LogP contribution in [0.15, 0.2) is 52.4 Å². The fourth-order valence-corrected chi connectivity index (χ4v) is 5.56.